The molecule has 3 aromatic carbocycles. The van der Waals surface area contributed by atoms with Gasteiger partial charge in [-0.1, -0.05) is 48.5 Å². The zero-order valence-electron chi connectivity index (χ0n) is 21.7. The highest BCUT2D eigenvalue weighted by Gasteiger charge is 2.43. The lowest BCUT2D eigenvalue weighted by atomic mass is 9.97. The van der Waals surface area contributed by atoms with Gasteiger partial charge < -0.3 is 19.7 Å². The first-order chi connectivity index (χ1) is 19.6. The molecule has 4 aromatic rings. The first-order valence-electron chi connectivity index (χ1n) is 13.0. The van der Waals surface area contributed by atoms with Gasteiger partial charge in [-0.2, -0.15) is 13.2 Å². The summed E-state index contributed by atoms with van der Waals surface area (Å²) in [6.45, 7) is -0.301. The standard InChI is InChI=1S/C31H26F4N2O4/c32-21-13-11-20(12-14-21)28-27(30(40)36-22-9-5-2-6-10-22)26(19-7-3-1-4-8-19)29(31(33,34)35)37(28)16-15-24-17-23(38)18-25(39)41-24/h1-14,23-24,38H,15-18H2,(H,36,40)/t23-,24-/m0/s1. The van der Waals surface area contributed by atoms with Crippen molar-refractivity contribution in [1.82, 2.24) is 4.57 Å². The Morgan fingerprint density at radius 1 is 0.951 bits per heavy atom. The van der Waals surface area contributed by atoms with Gasteiger partial charge in [0.2, 0.25) is 0 Å². The summed E-state index contributed by atoms with van der Waals surface area (Å²) in [6.07, 6.45) is -6.85. The van der Waals surface area contributed by atoms with Crippen molar-refractivity contribution in [2.75, 3.05) is 5.32 Å². The topological polar surface area (TPSA) is 80.6 Å². The number of amides is 1. The monoisotopic (exact) mass is 566 g/mol. The third-order valence-electron chi connectivity index (χ3n) is 6.88. The Morgan fingerprint density at radius 2 is 1.59 bits per heavy atom. The number of anilines is 1. The normalized spacial score (nSPS) is 17.2. The van der Waals surface area contributed by atoms with E-state index in [9.17, 15) is 19.1 Å². The summed E-state index contributed by atoms with van der Waals surface area (Å²) in [5, 5.41) is 12.7. The minimum Gasteiger partial charge on any atom is -0.462 e. The van der Waals surface area contributed by atoms with Crippen LogP contribution in [0.3, 0.4) is 0 Å². The molecule has 41 heavy (non-hydrogen) atoms. The Bertz CT molecular complexity index is 1530. The van der Waals surface area contributed by atoms with E-state index in [4.69, 9.17) is 4.74 Å². The van der Waals surface area contributed by atoms with E-state index in [1.54, 1.807) is 48.5 Å². The van der Waals surface area contributed by atoms with E-state index in [1.165, 1.54) is 24.3 Å². The fourth-order valence-electron chi connectivity index (χ4n) is 5.18. The zero-order valence-corrected chi connectivity index (χ0v) is 21.7. The fraction of sp³-hybridized carbons (Fsp3) is 0.226. The van der Waals surface area contributed by atoms with Crippen LogP contribution in [0, 0.1) is 5.82 Å². The average molecular weight is 567 g/mol. The number of carbonyl (C=O) groups is 2. The van der Waals surface area contributed by atoms with Crippen LogP contribution in [0.5, 0.6) is 0 Å². The summed E-state index contributed by atoms with van der Waals surface area (Å²) in [4.78, 5) is 25.8. The second kappa shape index (κ2) is 11.6. The number of cyclic esters (lactones) is 1. The third kappa shape index (κ3) is 6.17. The number of esters is 1. The first kappa shape index (κ1) is 28.1. The Kier molecular flexibility index (Phi) is 7.94. The molecule has 1 saturated heterocycles. The number of alkyl halides is 3. The van der Waals surface area contributed by atoms with Gasteiger partial charge in [0.1, 0.15) is 17.6 Å². The molecular weight excluding hydrogens is 540 g/mol. The van der Waals surface area contributed by atoms with Gasteiger partial charge in [-0.25, -0.2) is 4.39 Å². The molecule has 10 heteroatoms. The molecule has 1 fully saturated rings. The van der Waals surface area contributed by atoms with Crippen molar-refractivity contribution in [3.8, 4) is 22.4 Å². The maximum atomic E-state index is 15.0. The van der Waals surface area contributed by atoms with Crippen LogP contribution in [-0.2, 0) is 22.3 Å². The fourth-order valence-corrected chi connectivity index (χ4v) is 5.18. The lowest BCUT2D eigenvalue weighted by Crippen LogP contribution is -2.33. The van der Waals surface area contributed by atoms with Crippen LogP contribution in [0.25, 0.3) is 22.4 Å². The van der Waals surface area contributed by atoms with Gasteiger partial charge >= 0.3 is 12.1 Å². The zero-order chi connectivity index (χ0) is 29.1. The van der Waals surface area contributed by atoms with E-state index in [-0.39, 0.29) is 53.8 Å². The molecule has 2 N–H and O–H groups in total. The Balaban J connectivity index is 1.75. The van der Waals surface area contributed by atoms with E-state index >= 15 is 13.2 Å². The molecule has 0 unspecified atom stereocenters. The summed E-state index contributed by atoms with van der Waals surface area (Å²) in [7, 11) is 0. The minimum atomic E-state index is -4.91. The van der Waals surface area contributed by atoms with Crippen molar-refractivity contribution < 1.29 is 37.0 Å². The first-order valence-corrected chi connectivity index (χ1v) is 13.0. The van der Waals surface area contributed by atoms with E-state index in [2.05, 4.69) is 5.32 Å². The molecular formula is C31H26F4N2O4. The van der Waals surface area contributed by atoms with Crippen molar-refractivity contribution in [2.45, 2.75) is 44.2 Å². The number of benzene rings is 3. The second-order valence-electron chi connectivity index (χ2n) is 9.78. The average Bonchev–Trinajstić information content (AvgIpc) is 3.29. The number of nitrogens with one attached hydrogen (secondary N) is 1. The quantitative estimate of drug-likeness (QED) is 0.193. The maximum absolute atomic E-state index is 15.0. The lowest BCUT2D eigenvalue weighted by Gasteiger charge is -2.27. The van der Waals surface area contributed by atoms with E-state index in [0.717, 1.165) is 16.7 Å². The maximum Gasteiger partial charge on any atom is 0.432 e. The number of aliphatic hydroxyl groups is 1. The molecule has 0 aliphatic carbocycles. The number of nitrogens with zero attached hydrogens (tertiary/aromatic N) is 1. The SMILES string of the molecule is O=C1C[C@@H](O)C[C@H](CCn2c(-c3ccc(F)cc3)c(C(=O)Nc3ccccc3)c(-c3ccccc3)c2C(F)(F)F)O1. The summed E-state index contributed by atoms with van der Waals surface area (Å²) in [5.74, 6) is -2.01. The van der Waals surface area contributed by atoms with E-state index in [1.807, 2.05) is 0 Å². The van der Waals surface area contributed by atoms with Gasteiger partial charge in [-0.3, -0.25) is 9.59 Å². The Hall–Kier alpha value is -4.44. The van der Waals surface area contributed by atoms with Crippen LogP contribution in [0.4, 0.5) is 23.2 Å². The smallest absolute Gasteiger partial charge is 0.432 e. The van der Waals surface area contributed by atoms with Crippen molar-refractivity contribution >= 4 is 17.6 Å². The summed E-state index contributed by atoms with van der Waals surface area (Å²) < 4.78 is 65.2. The van der Waals surface area contributed by atoms with Crippen LogP contribution < -0.4 is 5.32 Å². The van der Waals surface area contributed by atoms with Gasteiger partial charge in [-0.15, -0.1) is 0 Å². The molecule has 2 atom stereocenters. The number of para-hydroxylation sites is 1. The van der Waals surface area contributed by atoms with Crippen LogP contribution in [0.2, 0.25) is 0 Å². The molecule has 1 aromatic heterocycles. The summed E-state index contributed by atoms with van der Waals surface area (Å²) in [6, 6.07) is 21.0. The number of halogens is 4. The number of carbonyl (C=O) groups excluding carboxylic acids is 2. The molecule has 1 aliphatic heterocycles. The number of ether oxygens (including phenoxy) is 1. The Morgan fingerprint density at radius 3 is 2.20 bits per heavy atom. The predicted octanol–water partition coefficient (Wildman–Crippen LogP) is 6.69. The highest BCUT2D eigenvalue weighted by Crippen LogP contribution is 2.46. The molecule has 212 valence electrons. The molecule has 0 saturated carbocycles. The molecule has 0 spiro atoms. The molecule has 6 nitrogen and oxygen atoms in total. The van der Waals surface area contributed by atoms with Gasteiger partial charge in [0.25, 0.3) is 5.91 Å². The van der Waals surface area contributed by atoms with Gasteiger partial charge in [0.05, 0.1) is 23.8 Å². The van der Waals surface area contributed by atoms with Crippen LogP contribution in [0.15, 0.2) is 84.9 Å². The number of hydrogen-bond donors (Lipinski definition) is 2. The van der Waals surface area contributed by atoms with Crippen LogP contribution >= 0.6 is 0 Å². The molecule has 5 rings (SSSR count). The molecule has 0 bridgehead atoms. The highest BCUT2D eigenvalue weighted by molar-refractivity contribution is 6.13. The summed E-state index contributed by atoms with van der Waals surface area (Å²) in [5.41, 5.74) is -0.953. The predicted molar refractivity (Wildman–Crippen MR) is 144 cm³/mol. The van der Waals surface area contributed by atoms with Crippen molar-refractivity contribution in [1.29, 1.82) is 0 Å². The lowest BCUT2D eigenvalue weighted by molar-refractivity contribution is -0.161. The number of hydrogen-bond acceptors (Lipinski definition) is 4. The van der Waals surface area contributed by atoms with Crippen LogP contribution in [-0.4, -0.2) is 33.8 Å². The van der Waals surface area contributed by atoms with Crippen molar-refractivity contribution in [2.24, 2.45) is 0 Å². The molecule has 2 heterocycles. The van der Waals surface area contributed by atoms with Crippen LogP contribution in [0.1, 0.15) is 35.3 Å². The number of rotatable bonds is 7. The Labute approximate surface area is 233 Å². The van der Waals surface area contributed by atoms with Crippen molar-refractivity contribution in [3.63, 3.8) is 0 Å². The van der Waals surface area contributed by atoms with Crippen molar-refractivity contribution in [3.05, 3.63) is 102 Å². The largest absolute Gasteiger partial charge is 0.462 e. The van der Waals surface area contributed by atoms with E-state index < -0.39 is 41.8 Å². The number of aliphatic hydroxyl groups excluding tert-OH is 1. The van der Waals surface area contributed by atoms with Gasteiger partial charge in [0, 0.05) is 30.6 Å². The van der Waals surface area contributed by atoms with Gasteiger partial charge in [0.15, 0.2) is 0 Å². The summed E-state index contributed by atoms with van der Waals surface area (Å²) >= 11 is 0. The molecule has 1 aliphatic rings. The highest BCUT2D eigenvalue weighted by atomic mass is 19.4. The second-order valence-corrected chi connectivity index (χ2v) is 9.78. The molecule has 1 amide bonds. The third-order valence-corrected chi connectivity index (χ3v) is 6.88. The van der Waals surface area contributed by atoms with Gasteiger partial charge in [-0.05, 0) is 47.5 Å². The number of aromatic nitrogens is 1. The van der Waals surface area contributed by atoms with E-state index in [0.29, 0.717) is 5.69 Å². The molecule has 0 radical (unpaired) electrons. The minimum absolute atomic E-state index is 0.0528.